The van der Waals surface area contributed by atoms with Gasteiger partial charge in [0.15, 0.2) is 0 Å². The highest BCUT2D eigenvalue weighted by molar-refractivity contribution is 6.09. The van der Waals surface area contributed by atoms with E-state index in [1.807, 2.05) is 29.2 Å². The number of carbonyl (C=O) groups excluding carboxylic acids is 3. The van der Waals surface area contributed by atoms with Gasteiger partial charge in [-0.3, -0.25) is 14.5 Å². The van der Waals surface area contributed by atoms with Crippen molar-refractivity contribution < 1.29 is 19.1 Å². The average Bonchev–Trinajstić information content (AvgIpc) is 3.63. The number of amides is 4. The summed E-state index contributed by atoms with van der Waals surface area (Å²) in [6.07, 6.45) is 6.51. The van der Waals surface area contributed by atoms with Crippen LogP contribution in [0.2, 0.25) is 0 Å². The maximum absolute atomic E-state index is 13.4. The van der Waals surface area contributed by atoms with Gasteiger partial charge in [-0.15, -0.1) is 0 Å². The molecule has 0 aromatic heterocycles. The Morgan fingerprint density at radius 2 is 1.84 bits per heavy atom. The fourth-order valence-corrected chi connectivity index (χ4v) is 5.18. The van der Waals surface area contributed by atoms with Crippen LogP contribution in [0, 0.1) is 11.8 Å². The largest absolute Gasteiger partial charge is 0.497 e. The second-order valence-electron chi connectivity index (χ2n) is 9.70. The summed E-state index contributed by atoms with van der Waals surface area (Å²) in [5.41, 5.74) is 0.185. The van der Waals surface area contributed by atoms with Gasteiger partial charge in [-0.25, -0.2) is 4.79 Å². The minimum absolute atomic E-state index is 0.0688. The maximum atomic E-state index is 13.4. The number of ether oxygens (including phenoxy) is 1. The molecule has 2 saturated carbocycles. The lowest BCUT2D eigenvalue weighted by Gasteiger charge is -2.35. The van der Waals surface area contributed by atoms with Crippen molar-refractivity contribution in [3.63, 3.8) is 0 Å². The number of hydrogen-bond acceptors (Lipinski definition) is 4. The number of hydrogen-bond donors (Lipinski definition) is 1. The molecule has 7 heteroatoms. The van der Waals surface area contributed by atoms with Crippen molar-refractivity contribution in [2.24, 2.45) is 11.8 Å². The van der Waals surface area contributed by atoms with E-state index in [9.17, 15) is 14.4 Å². The van der Waals surface area contributed by atoms with E-state index >= 15 is 0 Å². The Kier molecular flexibility index (Phi) is 6.45. The Labute approximate surface area is 190 Å². The van der Waals surface area contributed by atoms with E-state index in [1.54, 1.807) is 7.11 Å². The number of carbonyl (C=O) groups is 3. The van der Waals surface area contributed by atoms with Crippen LogP contribution in [0.1, 0.15) is 64.4 Å². The van der Waals surface area contributed by atoms with Gasteiger partial charge in [-0.05, 0) is 75.0 Å². The van der Waals surface area contributed by atoms with E-state index in [1.165, 1.54) is 0 Å². The highest BCUT2D eigenvalue weighted by Gasteiger charge is 2.53. The van der Waals surface area contributed by atoms with Crippen LogP contribution >= 0.6 is 0 Å². The number of benzene rings is 1. The van der Waals surface area contributed by atoms with Crippen molar-refractivity contribution >= 4 is 17.8 Å². The number of methoxy groups -OCH3 is 1. The quantitative estimate of drug-likeness (QED) is 0.624. The van der Waals surface area contributed by atoms with Crippen molar-refractivity contribution in [2.45, 2.75) is 76.9 Å². The van der Waals surface area contributed by atoms with Crippen LogP contribution < -0.4 is 10.1 Å². The van der Waals surface area contributed by atoms with Crippen LogP contribution in [0.25, 0.3) is 0 Å². The minimum Gasteiger partial charge on any atom is -0.497 e. The van der Waals surface area contributed by atoms with Gasteiger partial charge < -0.3 is 15.0 Å². The lowest BCUT2D eigenvalue weighted by Crippen LogP contribution is -2.50. The lowest BCUT2D eigenvalue weighted by atomic mass is 9.75. The predicted molar refractivity (Wildman–Crippen MR) is 121 cm³/mol. The molecule has 1 atom stereocenters. The molecule has 1 heterocycles. The molecule has 7 nitrogen and oxygen atoms in total. The summed E-state index contributed by atoms with van der Waals surface area (Å²) in [7, 11) is 1.62. The Morgan fingerprint density at radius 3 is 2.41 bits per heavy atom. The van der Waals surface area contributed by atoms with Gasteiger partial charge in [-0.1, -0.05) is 25.5 Å². The van der Waals surface area contributed by atoms with Crippen molar-refractivity contribution in [3.8, 4) is 5.75 Å². The summed E-state index contributed by atoms with van der Waals surface area (Å²) in [4.78, 5) is 42.3. The van der Waals surface area contributed by atoms with E-state index < -0.39 is 11.6 Å². The third-order valence-electron chi connectivity index (χ3n) is 7.70. The molecule has 3 aliphatic rings. The van der Waals surface area contributed by atoms with E-state index in [4.69, 9.17) is 4.74 Å². The molecule has 0 radical (unpaired) electrons. The van der Waals surface area contributed by atoms with Crippen molar-refractivity contribution in [1.82, 2.24) is 15.1 Å². The normalized spacial score (nSPS) is 26.2. The third-order valence-corrected chi connectivity index (χ3v) is 7.70. The van der Waals surface area contributed by atoms with Crippen LogP contribution in [0.5, 0.6) is 5.75 Å². The molecule has 174 valence electrons. The first kappa shape index (κ1) is 22.6. The Balaban J connectivity index is 1.46. The van der Waals surface area contributed by atoms with Crippen molar-refractivity contribution in [3.05, 3.63) is 29.8 Å². The fraction of sp³-hybridized carbons (Fsp3) is 0.640. The summed E-state index contributed by atoms with van der Waals surface area (Å²) < 4.78 is 5.23. The zero-order valence-electron chi connectivity index (χ0n) is 19.4. The molecule has 1 aliphatic heterocycles. The monoisotopic (exact) mass is 441 g/mol. The molecule has 2 aliphatic carbocycles. The van der Waals surface area contributed by atoms with Crippen molar-refractivity contribution in [2.75, 3.05) is 13.7 Å². The molecule has 0 bridgehead atoms. The highest BCUT2D eigenvalue weighted by atomic mass is 16.5. The number of urea groups is 1. The zero-order chi connectivity index (χ0) is 22.9. The second-order valence-corrected chi connectivity index (χ2v) is 9.70. The molecule has 3 fully saturated rings. The number of rotatable bonds is 8. The number of nitrogens with one attached hydrogen (secondary N) is 1. The van der Waals surface area contributed by atoms with Gasteiger partial charge >= 0.3 is 6.03 Å². The minimum atomic E-state index is -0.814. The molecular weight excluding hydrogens is 406 g/mol. The van der Waals surface area contributed by atoms with Crippen LogP contribution in [-0.4, -0.2) is 52.9 Å². The standard InChI is InChI=1S/C25H35N3O4/c1-4-18-11-13-25(14-12-18)23(30)28(24(31)26-25)16-22(29)27(17(2)20-7-8-20)15-19-5-9-21(32-3)10-6-19/h5-6,9-10,17-18,20H,4,7-8,11-16H2,1-3H3,(H,26,31). The second kappa shape index (κ2) is 9.12. The highest BCUT2D eigenvalue weighted by Crippen LogP contribution is 2.38. The van der Waals surface area contributed by atoms with Crippen molar-refractivity contribution in [1.29, 1.82) is 0 Å². The summed E-state index contributed by atoms with van der Waals surface area (Å²) >= 11 is 0. The number of imide groups is 1. The molecule has 1 aromatic carbocycles. The summed E-state index contributed by atoms with van der Waals surface area (Å²) in [5, 5.41) is 2.94. The Morgan fingerprint density at radius 1 is 1.19 bits per heavy atom. The fourth-order valence-electron chi connectivity index (χ4n) is 5.18. The SMILES string of the molecule is CCC1CCC2(CC1)NC(=O)N(CC(=O)N(Cc1ccc(OC)cc1)C(C)C1CC1)C2=O. The zero-order valence-corrected chi connectivity index (χ0v) is 19.4. The van der Waals surface area contributed by atoms with E-state index in [0.717, 1.165) is 48.3 Å². The Hall–Kier alpha value is -2.57. The summed E-state index contributed by atoms with van der Waals surface area (Å²) in [5.74, 6) is 1.46. The van der Waals surface area contributed by atoms with Crippen LogP contribution in [0.4, 0.5) is 4.79 Å². The predicted octanol–water partition coefficient (Wildman–Crippen LogP) is 3.71. The summed E-state index contributed by atoms with van der Waals surface area (Å²) in [6.45, 7) is 4.49. The van der Waals surface area contributed by atoms with E-state index in [0.29, 0.717) is 31.2 Å². The van der Waals surface area contributed by atoms with Crippen LogP contribution in [0.3, 0.4) is 0 Å². The van der Waals surface area contributed by atoms with E-state index in [-0.39, 0.29) is 24.4 Å². The summed E-state index contributed by atoms with van der Waals surface area (Å²) in [6, 6.07) is 7.31. The molecule has 1 saturated heterocycles. The molecule has 4 amide bonds. The average molecular weight is 442 g/mol. The van der Waals surface area contributed by atoms with Gasteiger partial charge in [0.05, 0.1) is 7.11 Å². The lowest BCUT2D eigenvalue weighted by molar-refractivity contribution is -0.141. The van der Waals surface area contributed by atoms with Gasteiger partial charge in [0.2, 0.25) is 5.91 Å². The maximum Gasteiger partial charge on any atom is 0.325 e. The van der Waals surface area contributed by atoms with E-state index in [2.05, 4.69) is 19.2 Å². The number of nitrogens with zero attached hydrogens (tertiary/aromatic N) is 2. The first-order valence-corrected chi connectivity index (χ1v) is 11.9. The molecule has 1 N–H and O–H groups in total. The van der Waals surface area contributed by atoms with Gasteiger partial charge in [0.1, 0.15) is 17.8 Å². The first-order chi connectivity index (χ1) is 15.4. The molecular formula is C25H35N3O4. The van der Waals surface area contributed by atoms with Gasteiger partial charge in [0.25, 0.3) is 5.91 Å². The molecule has 1 spiro atoms. The van der Waals surface area contributed by atoms with Crippen LogP contribution in [-0.2, 0) is 16.1 Å². The molecule has 32 heavy (non-hydrogen) atoms. The van der Waals surface area contributed by atoms with Gasteiger partial charge in [0, 0.05) is 12.6 Å². The third kappa shape index (κ3) is 4.48. The van der Waals surface area contributed by atoms with Gasteiger partial charge in [-0.2, -0.15) is 0 Å². The molecule has 1 unspecified atom stereocenters. The van der Waals surface area contributed by atoms with Crippen LogP contribution in [0.15, 0.2) is 24.3 Å². The molecule has 1 aromatic rings. The molecule has 4 rings (SSSR count). The smallest absolute Gasteiger partial charge is 0.325 e. The topological polar surface area (TPSA) is 79.0 Å². The Bertz CT molecular complexity index is 856. The first-order valence-electron chi connectivity index (χ1n) is 11.9.